The molecule has 0 saturated carbocycles. The SMILES string of the molecule is CC1(Cn2c(N)nc3cc(F)c(Cl)cc32)CCCS1. The Labute approximate surface area is 120 Å². The van der Waals surface area contributed by atoms with Crippen molar-refractivity contribution in [3.8, 4) is 0 Å². The van der Waals surface area contributed by atoms with Crippen LogP contribution in [0.2, 0.25) is 5.02 Å². The molecule has 102 valence electrons. The van der Waals surface area contributed by atoms with Gasteiger partial charge in [0.1, 0.15) is 5.82 Å². The molecule has 19 heavy (non-hydrogen) atoms. The zero-order chi connectivity index (χ0) is 13.6. The summed E-state index contributed by atoms with van der Waals surface area (Å²) in [6, 6.07) is 2.95. The predicted octanol–water partition coefficient (Wildman–Crippen LogP) is 3.70. The molecule has 2 N–H and O–H groups in total. The van der Waals surface area contributed by atoms with Crippen LogP contribution in [0.5, 0.6) is 0 Å². The minimum Gasteiger partial charge on any atom is -0.369 e. The summed E-state index contributed by atoms with van der Waals surface area (Å²) in [7, 11) is 0. The van der Waals surface area contributed by atoms with Crippen molar-refractivity contribution in [2.75, 3.05) is 11.5 Å². The standard InChI is InChI=1S/C13H15ClFN3S/c1-13(3-2-4-19-13)7-18-11-5-8(14)9(15)6-10(11)17-12(18)16/h5-6H,2-4,7H2,1H3,(H2,16,17). The molecule has 1 saturated heterocycles. The molecule has 0 bridgehead atoms. The van der Waals surface area contributed by atoms with Crippen molar-refractivity contribution in [3.05, 3.63) is 23.0 Å². The van der Waals surface area contributed by atoms with Crippen molar-refractivity contribution in [3.63, 3.8) is 0 Å². The van der Waals surface area contributed by atoms with Crippen LogP contribution >= 0.6 is 23.4 Å². The van der Waals surface area contributed by atoms with Gasteiger partial charge in [0.2, 0.25) is 5.95 Å². The van der Waals surface area contributed by atoms with Gasteiger partial charge >= 0.3 is 0 Å². The number of hydrogen-bond acceptors (Lipinski definition) is 3. The summed E-state index contributed by atoms with van der Waals surface area (Å²) in [4.78, 5) is 4.22. The Bertz CT molecular complexity index is 634. The molecule has 0 amide bonds. The van der Waals surface area contributed by atoms with E-state index < -0.39 is 5.82 Å². The van der Waals surface area contributed by atoms with E-state index in [2.05, 4.69) is 11.9 Å². The van der Waals surface area contributed by atoms with Crippen LogP contribution in [0.15, 0.2) is 12.1 Å². The van der Waals surface area contributed by atoms with Gasteiger partial charge in [-0.1, -0.05) is 11.6 Å². The number of aromatic nitrogens is 2. The average molecular weight is 300 g/mol. The van der Waals surface area contributed by atoms with Crippen LogP contribution in [0.1, 0.15) is 19.8 Å². The number of halogens is 2. The third kappa shape index (κ3) is 2.30. The Hall–Kier alpha value is -0.940. The van der Waals surface area contributed by atoms with Gasteiger partial charge < -0.3 is 10.3 Å². The molecule has 1 fully saturated rings. The summed E-state index contributed by atoms with van der Waals surface area (Å²) in [5.74, 6) is 1.14. The molecule has 1 aliphatic heterocycles. The van der Waals surface area contributed by atoms with E-state index in [1.54, 1.807) is 6.07 Å². The highest BCUT2D eigenvalue weighted by Gasteiger charge is 2.31. The smallest absolute Gasteiger partial charge is 0.201 e. The first-order valence-electron chi connectivity index (χ1n) is 6.23. The summed E-state index contributed by atoms with van der Waals surface area (Å²) < 4.78 is 15.6. The van der Waals surface area contributed by atoms with Gasteiger partial charge in [-0.25, -0.2) is 9.37 Å². The van der Waals surface area contributed by atoms with Gasteiger partial charge in [-0.3, -0.25) is 0 Å². The summed E-state index contributed by atoms with van der Waals surface area (Å²) in [6.07, 6.45) is 2.38. The van der Waals surface area contributed by atoms with Gasteiger partial charge in [0.25, 0.3) is 0 Å². The lowest BCUT2D eigenvalue weighted by atomic mass is 10.1. The lowest BCUT2D eigenvalue weighted by Gasteiger charge is -2.24. The third-order valence-electron chi connectivity index (χ3n) is 3.61. The number of imidazole rings is 1. The second kappa shape index (κ2) is 4.56. The van der Waals surface area contributed by atoms with Crippen LogP contribution in [0.3, 0.4) is 0 Å². The molecule has 1 atom stereocenters. The molecule has 2 heterocycles. The fraction of sp³-hybridized carbons (Fsp3) is 0.462. The van der Waals surface area contributed by atoms with Crippen LogP contribution in [0.4, 0.5) is 10.3 Å². The van der Waals surface area contributed by atoms with Gasteiger partial charge in [-0.05, 0) is 31.6 Å². The molecule has 1 aliphatic rings. The van der Waals surface area contributed by atoms with Gasteiger partial charge in [0.05, 0.1) is 16.1 Å². The van der Waals surface area contributed by atoms with Crippen LogP contribution < -0.4 is 5.73 Å². The van der Waals surface area contributed by atoms with Gasteiger partial charge in [0.15, 0.2) is 0 Å². The molecule has 0 aliphatic carbocycles. The van der Waals surface area contributed by atoms with E-state index in [4.69, 9.17) is 17.3 Å². The van der Waals surface area contributed by atoms with Gasteiger partial charge in [-0.2, -0.15) is 11.8 Å². The topological polar surface area (TPSA) is 43.8 Å². The summed E-state index contributed by atoms with van der Waals surface area (Å²) in [5, 5.41) is 0.109. The van der Waals surface area contributed by atoms with E-state index in [1.165, 1.54) is 18.2 Å². The molecule has 3 rings (SSSR count). The monoisotopic (exact) mass is 299 g/mol. The van der Waals surface area contributed by atoms with E-state index in [0.29, 0.717) is 11.5 Å². The van der Waals surface area contributed by atoms with Crippen LogP contribution in [0.25, 0.3) is 11.0 Å². The first-order valence-corrected chi connectivity index (χ1v) is 7.60. The van der Waals surface area contributed by atoms with Crippen molar-refractivity contribution in [2.45, 2.75) is 31.1 Å². The first kappa shape index (κ1) is 13.1. The summed E-state index contributed by atoms with van der Waals surface area (Å²) in [5.41, 5.74) is 7.33. The fourth-order valence-corrected chi connectivity index (χ4v) is 4.05. The molecule has 1 unspecified atom stereocenters. The molecule has 2 aromatic rings. The highest BCUT2D eigenvalue weighted by atomic mass is 35.5. The molecule has 0 spiro atoms. The molecule has 1 aromatic carbocycles. The number of thioether (sulfide) groups is 1. The van der Waals surface area contributed by atoms with E-state index in [1.807, 2.05) is 16.3 Å². The second-order valence-electron chi connectivity index (χ2n) is 5.21. The van der Waals surface area contributed by atoms with Crippen LogP contribution in [-0.2, 0) is 6.54 Å². The maximum Gasteiger partial charge on any atom is 0.201 e. The minimum absolute atomic E-state index is 0.109. The van der Waals surface area contributed by atoms with Crippen molar-refractivity contribution in [2.24, 2.45) is 0 Å². The van der Waals surface area contributed by atoms with E-state index in [0.717, 1.165) is 18.5 Å². The normalized spacial score (nSPS) is 23.3. The van der Waals surface area contributed by atoms with Gasteiger partial charge in [0, 0.05) is 17.4 Å². The maximum absolute atomic E-state index is 13.4. The van der Waals surface area contributed by atoms with Crippen LogP contribution in [-0.4, -0.2) is 20.1 Å². The number of rotatable bonds is 2. The van der Waals surface area contributed by atoms with Gasteiger partial charge in [-0.15, -0.1) is 0 Å². The predicted molar refractivity (Wildman–Crippen MR) is 79.2 cm³/mol. The van der Waals surface area contributed by atoms with E-state index in [-0.39, 0.29) is 9.77 Å². The van der Waals surface area contributed by atoms with Crippen molar-refractivity contribution < 1.29 is 4.39 Å². The van der Waals surface area contributed by atoms with Crippen molar-refractivity contribution in [1.29, 1.82) is 0 Å². The molecule has 3 nitrogen and oxygen atoms in total. The molecule has 1 aromatic heterocycles. The van der Waals surface area contributed by atoms with E-state index in [9.17, 15) is 4.39 Å². The Balaban J connectivity index is 2.07. The zero-order valence-electron chi connectivity index (χ0n) is 10.6. The molecular weight excluding hydrogens is 285 g/mol. The Morgan fingerprint density at radius 1 is 1.58 bits per heavy atom. The molecule has 6 heteroatoms. The first-order chi connectivity index (χ1) is 8.98. The van der Waals surface area contributed by atoms with Crippen molar-refractivity contribution in [1.82, 2.24) is 9.55 Å². The lowest BCUT2D eigenvalue weighted by Crippen LogP contribution is -2.24. The largest absolute Gasteiger partial charge is 0.369 e. The molecule has 0 radical (unpaired) electrons. The number of hydrogen-bond donors (Lipinski definition) is 1. The van der Waals surface area contributed by atoms with Crippen LogP contribution in [0, 0.1) is 5.82 Å². The third-order valence-corrected chi connectivity index (χ3v) is 5.43. The average Bonchev–Trinajstić information content (AvgIpc) is 2.88. The maximum atomic E-state index is 13.4. The highest BCUT2D eigenvalue weighted by molar-refractivity contribution is 8.00. The zero-order valence-corrected chi connectivity index (χ0v) is 12.2. The summed E-state index contributed by atoms with van der Waals surface area (Å²) in [6.45, 7) is 3.02. The fourth-order valence-electron chi connectivity index (χ4n) is 2.60. The Morgan fingerprint density at radius 3 is 3.05 bits per heavy atom. The number of nitrogen functional groups attached to an aromatic ring is 1. The number of fused-ring (bicyclic) bond motifs is 1. The quantitative estimate of drug-likeness (QED) is 0.919. The lowest BCUT2D eigenvalue weighted by molar-refractivity contribution is 0.522. The molecular formula is C13H15ClFN3S. The number of benzene rings is 1. The number of nitrogens with zero attached hydrogens (tertiary/aromatic N) is 2. The highest BCUT2D eigenvalue weighted by Crippen LogP contribution is 2.40. The minimum atomic E-state index is -0.458. The summed E-state index contributed by atoms with van der Waals surface area (Å²) >= 11 is 7.81. The Morgan fingerprint density at radius 2 is 2.37 bits per heavy atom. The number of nitrogens with two attached hydrogens (primary N) is 1. The second-order valence-corrected chi connectivity index (χ2v) is 7.30. The Kier molecular flexibility index (Phi) is 3.14. The van der Waals surface area contributed by atoms with Crippen molar-refractivity contribution >= 4 is 40.3 Å². The number of anilines is 1. The van der Waals surface area contributed by atoms with E-state index >= 15 is 0 Å².